The molecule has 1 N–H and O–H groups in total. The second-order valence-electron chi connectivity index (χ2n) is 3.92. The van der Waals surface area contributed by atoms with Gasteiger partial charge in [-0.05, 0) is 30.9 Å². The fourth-order valence-electron chi connectivity index (χ4n) is 1.55. The summed E-state index contributed by atoms with van der Waals surface area (Å²) in [4.78, 5) is 1.39. The zero-order valence-corrected chi connectivity index (χ0v) is 10.3. The zero-order chi connectivity index (χ0) is 11.2. The van der Waals surface area contributed by atoms with Crippen LogP contribution in [0.25, 0.3) is 0 Å². The highest BCUT2D eigenvalue weighted by Crippen LogP contribution is 2.08. The summed E-state index contributed by atoms with van der Waals surface area (Å²) in [6.07, 6.45) is 4.93. The lowest BCUT2D eigenvalue weighted by atomic mass is 10.2. The Labute approximate surface area is 100 Å². The number of thiophene rings is 1. The second-order valence-corrected chi connectivity index (χ2v) is 4.95. The maximum absolute atomic E-state index is 4.19. The first-order chi connectivity index (χ1) is 7.84. The van der Waals surface area contributed by atoms with Gasteiger partial charge in [0, 0.05) is 36.4 Å². The highest BCUT2D eigenvalue weighted by molar-refractivity contribution is 7.09. The van der Waals surface area contributed by atoms with Crippen molar-refractivity contribution in [1.29, 1.82) is 0 Å². The molecule has 0 amide bonds. The van der Waals surface area contributed by atoms with Gasteiger partial charge in [-0.25, -0.2) is 0 Å². The van der Waals surface area contributed by atoms with Gasteiger partial charge < -0.3 is 5.32 Å². The lowest BCUT2D eigenvalue weighted by Gasteiger charge is -2.12. The molecule has 4 heteroatoms. The van der Waals surface area contributed by atoms with Crippen molar-refractivity contribution in [2.45, 2.75) is 32.5 Å². The van der Waals surface area contributed by atoms with Crippen LogP contribution in [0.3, 0.4) is 0 Å². The van der Waals surface area contributed by atoms with Crippen LogP contribution in [0, 0.1) is 0 Å². The van der Waals surface area contributed by atoms with Gasteiger partial charge in [0.1, 0.15) is 0 Å². The fraction of sp³-hybridized carbons (Fsp3) is 0.417. The highest BCUT2D eigenvalue weighted by Gasteiger charge is 2.02. The number of nitrogens with one attached hydrogen (secondary N) is 1. The fourth-order valence-corrected chi connectivity index (χ4v) is 2.20. The van der Waals surface area contributed by atoms with Crippen LogP contribution in [-0.2, 0) is 13.1 Å². The summed E-state index contributed by atoms with van der Waals surface area (Å²) in [6.45, 7) is 4.17. The largest absolute Gasteiger partial charge is 0.309 e. The molecular weight excluding hydrogens is 218 g/mol. The molecule has 2 aromatic heterocycles. The standard InChI is InChI=1S/C12H17N3S/c1-11(5-8-15-7-3-6-14-15)13-10-12-4-2-9-16-12/h2-4,6-7,9,11,13H,5,8,10H2,1H3. The molecule has 0 radical (unpaired) electrons. The van der Waals surface area contributed by atoms with Gasteiger partial charge in [0.2, 0.25) is 0 Å². The third-order valence-corrected chi connectivity index (χ3v) is 3.43. The van der Waals surface area contributed by atoms with E-state index in [1.165, 1.54) is 4.88 Å². The quantitative estimate of drug-likeness (QED) is 0.833. The predicted octanol–water partition coefficient (Wildman–Crippen LogP) is 2.51. The molecule has 16 heavy (non-hydrogen) atoms. The monoisotopic (exact) mass is 235 g/mol. The van der Waals surface area contributed by atoms with E-state index in [2.05, 4.69) is 34.9 Å². The van der Waals surface area contributed by atoms with E-state index in [9.17, 15) is 0 Å². The van der Waals surface area contributed by atoms with Gasteiger partial charge >= 0.3 is 0 Å². The Morgan fingerprint density at radius 2 is 2.44 bits per heavy atom. The average molecular weight is 235 g/mol. The van der Waals surface area contributed by atoms with Gasteiger partial charge in [-0.2, -0.15) is 5.10 Å². The van der Waals surface area contributed by atoms with Gasteiger partial charge in [0.15, 0.2) is 0 Å². The van der Waals surface area contributed by atoms with E-state index in [1.54, 1.807) is 11.3 Å². The summed E-state index contributed by atoms with van der Waals surface area (Å²) >= 11 is 1.80. The smallest absolute Gasteiger partial charge is 0.0489 e. The van der Waals surface area contributed by atoms with Crippen LogP contribution in [0.5, 0.6) is 0 Å². The Balaban J connectivity index is 1.66. The Morgan fingerprint density at radius 1 is 1.50 bits per heavy atom. The Kier molecular flexibility index (Phi) is 4.13. The van der Waals surface area contributed by atoms with E-state index in [4.69, 9.17) is 0 Å². The molecule has 0 bridgehead atoms. The van der Waals surface area contributed by atoms with Crippen LogP contribution in [0.4, 0.5) is 0 Å². The third kappa shape index (κ3) is 3.47. The normalized spacial score (nSPS) is 12.8. The molecule has 0 spiro atoms. The summed E-state index contributed by atoms with van der Waals surface area (Å²) in [5.74, 6) is 0. The molecule has 0 aliphatic rings. The van der Waals surface area contributed by atoms with Crippen molar-refractivity contribution in [1.82, 2.24) is 15.1 Å². The number of nitrogens with zero attached hydrogens (tertiary/aromatic N) is 2. The summed E-state index contributed by atoms with van der Waals surface area (Å²) in [6, 6.07) is 6.74. The van der Waals surface area contributed by atoms with Crippen molar-refractivity contribution in [3.05, 3.63) is 40.8 Å². The van der Waals surface area contributed by atoms with Crippen LogP contribution < -0.4 is 5.32 Å². The van der Waals surface area contributed by atoms with Crippen molar-refractivity contribution in [3.63, 3.8) is 0 Å². The summed E-state index contributed by atoms with van der Waals surface area (Å²) in [5, 5.41) is 9.82. The summed E-state index contributed by atoms with van der Waals surface area (Å²) in [5.41, 5.74) is 0. The van der Waals surface area contributed by atoms with Gasteiger partial charge in [0.25, 0.3) is 0 Å². The van der Waals surface area contributed by atoms with E-state index in [0.29, 0.717) is 6.04 Å². The van der Waals surface area contributed by atoms with Crippen molar-refractivity contribution in [2.75, 3.05) is 0 Å². The number of rotatable bonds is 6. The molecule has 3 nitrogen and oxygen atoms in total. The number of hydrogen-bond acceptors (Lipinski definition) is 3. The van der Waals surface area contributed by atoms with Gasteiger partial charge in [0.05, 0.1) is 0 Å². The molecule has 0 fully saturated rings. The molecular formula is C12H17N3S. The highest BCUT2D eigenvalue weighted by atomic mass is 32.1. The van der Waals surface area contributed by atoms with Crippen LogP contribution in [0.2, 0.25) is 0 Å². The minimum absolute atomic E-state index is 0.520. The Hall–Kier alpha value is -1.13. The lowest BCUT2D eigenvalue weighted by Crippen LogP contribution is -2.26. The number of hydrogen-bond donors (Lipinski definition) is 1. The second kappa shape index (κ2) is 5.82. The van der Waals surface area contributed by atoms with Gasteiger partial charge in [-0.15, -0.1) is 11.3 Å². The van der Waals surface area contributed by atoms with Crippen LogP contribution in [0.15, 0.2) is 36.0 Å². The van der Waals surface area contributed by atoms with Crippen molar-refractivity contribution in [3.8, 4) is 0 Å². The zero-order valence-electron chi connectivity index (χ0n) is 9.47. The summed E-state index contributed by atoms with van der Waals surface area (Å²) in [7, 11) is 0. The topological polar surface area (TPSA) is 29.9 Å². The molecule has 0 aliphatic heterocycles. The van der Waals surface area contributed by atoms with Gasteiger partial charge in [-0.3, -0.25) is 4.68 Å². The number of aromatic nitrogens is 2. The van der Waals surface area contributed by atoms with Crippen molar-refractivity contribution < 1.29 is 0 Å². The molecule has 1 atom stereocenters. The van der Waals surface area contributed by atoms with Crippen molar-refractivity contribution >= 4 is 11.3 Å². The molecule has 2 heterocycles. The van der Waals surface area contributed by atoms with E-state index >= 15 is 0 Å². The first-order valence-electron chi connectivity index (χ1n) is 5.58. The molecule has 0 saturated carbocycles. The van der Waals surface area contributed by atoms with E-state index < -0.39 is 0 Å². The van der Waals surface area contributed by atoms with E-state index in [1.807, 2.05) is 23.1 Å². The number of aryl methyl sites for hydroxylation is 1. The van der Waals surface area contributed by atoms with Crippen LogP contribution in [-0.4, -0.2) is 15.8 Å². The molecule has 0 aromatic carbocycles. The summed E-state index contributed by atoms with van der Waals surface area (Å²) < 4.78 is 1.98. The lowest BCUT2D eigenvalue weighted by molar-refractivity contribution is 0.459. The minimum atomic E-state index is 0.520. The molecule has 1 unspecified atom stereocenters. The van der Waals surface area contributed by atoms with Gasteiger partial charge in [-0.1, -0.05) is 6.07 Å². The maximum Gasteiger partial charge on any atom is 0.0489 e. The molecule has 86 valence electrons. The average Bonchev–Trinajstić information content (AvgIpc) is 2.96. The maximum atomic E-state index is 4.19. The minimum Gasteiger partial charge on any atom is -0.309 e. The Bertz CT molecular complexity index is 342. The molecule has 0 aliphatic carbocycles. The Morgan fingerprint density at radius 3 is 3.12 bits per heavy atom. The van der Waals surface area contributed by atoms with E-state index in [0.717, 1.165) is 19.5 Å². The van der Waals surface area contributed by atoms with Crippen LogP contribution >= 0.6 is 11.3 Å². The first-order valence-corrected chi connectivity index (χ1v) is 6.46. The van der Waals surface area contributed by atoms with E-state index in [-0.39, 0.29) is 0 Å². The molecule has 0 saturated heterocycles. The third-order valence-electron chi connectivity index (χ3n) is 2.56. The predicted molar refractivity (Wildman–Crippen MR) is 67.5 cm³/mol. The van der Waals surface area contributed by atoms with Crippen LogP contribution in [0.1, 0.15) is 18.2 Å². The molecule has 2 aromatic rings. The van der Waals surface area contributed by atoms with Crippen molar-refractivity contribution in [2.24, 2.45) is 0 Å². The molecule has 2 rings (SSSR count). The SMILES string of the molecule is CC(CCn1cccn1)NCc1cccs1. The first kappa shape index (κ1) is 11.4.